The van der Waals surface area contributed by atoms with Gasteiger partial charge in [-0.15, -0.1) is 0 Å². The van der Waals surface area contributed by atoms with E-state index in [2.05, 4.69) is 10.6 Å². The number of carbonyl (C=O) groups is 2. The Morgan fingerprint density at radius 2 is 2.22 bits per heavy atom. The number of aldehydes is 1. The predicted octanol–water partition coefficient (Wildman–Crippen LogP) is 0.608. The summed E-state index contributed by atoms with van der Waals surface area (Å²) in [7, 11) is 0. The molecule has 1 aliphatic heterocycles. The van der Waals surface area contributed by atoms with Gasteiger partial charge in [-0.3, -0.25) is 4.79 Å². The predicted molar refractivity (Wildman–Crippen MR) is 68.9 cm³/mol. The van der Waals surface area contributed by atoms with Gasteiger partial charge in [0.25, 0.3) is 0 Å². The highest BCUT2D eigenvalue weighted by atomic mass is 16.5. The average molecular weight is 254 g/mol. The van der Waals surface area contributed by atoms with Crippen LogP contribution in [0.2, 0.25) is 0 Å². The average Bonchev–Trinajstić information content (AvgIpc) is 2.58. The number of carbonyl (C=O) groups excluding carboxylic acids is 2. The van der Waals surface area contributed by atoms with E-state index in [1.165, 1.54) is 0 Å². The van der Waals surface area contributed by atoms with Gasteiger partial charge in [-0.1, -0.05) is 6.92 Å². The Balaban J connectivity index is 2.56. The number of hydrogen-bond donors (Lipinski definition) is 2. The summed E-state index contributed by atoms with van der Waals surface area (Å²) < 4.78 is 5.16. The molecule has 0 aliphatic carbocycles. The summed E-state index contributed by atoms with van der Waals surface area (Å²) in [5.74, 6) is 0.0511. The first-order valence-corrected chi connectivity index (χ1v) is 6.33. The molecule has 18 heavy (non-hydrogen) atoms. The lowest BCUT2D eigenvalue weighted by Gasteiger charge is -2.15. The third-order valence-corrected chi connectivity index (χ3v) is 3.29. The normalized spacial score (nSPS) is 24.7. The van der Waals surface area contributed by atoms with Gasteiger partial charge < -0.3 is 20.2 Å². The molecule has 102 valence electrons. The molecule has 3 unspecified atom stereocenters. The van der Waals surface area contributed by atoms with Crippen molar-refractivity contribution in [2.75, 3.05) is 13.2 Å². The van der Waals surface area contributed by atoms with Gasteiger partial charge in [-0.2, -0.15) is 0 Å². The Morgan fingerprint density at radius 3 is 2.67 bits per heavy atom. The van der Waals surface area contributed by atoms with Crippen LogP contribution in [0.1, 0.15) is 27.7 Å². The second kappa shape index (κ2) is 6.54. The lowest BCUT2D eigenvalue weighted by Crippen LogP contribution is -2.36. The molecule has 0 saturated heterocycles. The summed E-state index contributed by atoms with van der Waals surface area (Å²) in [5, 5.41) is 5.99. The third-order valence-electron chi connectivity index (χ3n) is 3.29. The minimum atomic E-state index is -0.568. The van der Waals surface area contributed by atoms with Crippen LogP contribution in [-0.2, 0) is 14.3 Å². The largest absolute Gasteiger partial charge is 0.385 e. The molecule has 0 aromatic heterocycles. The fourth-order valence-electron chi connectivity index (χ4n) is 2.16. The van der Waals surface area contributed by atoms with Gasteiger partial charge in [0.05, 0.1) is 6.54 Å². The molecule has 0 spiro atoms. The van der Waals surface area contributed by atoms with E-state index in [-0.39, 0.29) is 24.4 Å². The lowest BCUT2D eigenvalue weighted by molar-refractivity contribution is -0.121. The van der Waals surface area contributed by atoms with Gasteiger partial charge in [0.15, 0.2) is 6.29 Å². The van der Waals surface area contributed by atoms with E-state index < -0.39 is 6.10 Å². The van der Waals surface area contributed by atoms with Crippen molar-refractivity contribution in [3.8, 4) is 0 Å². The van der Waals surface area contributed by atoms with Gasteiger partial charge in [-0.25, -0.2) is 0 Å². The van der Waals surface area contributed by atoms with Crippen molar-refractivity contribution in [1.29, 1.82) is 0 Å². The fourth-order valence-corrected chi connectivity index (χ4v) is 2.16. The maximum Gasteiger partial charge on any atom is 0.249 e. The van der Waals surface area contributed by atoms with Crippen LogP contribution in [0.5, 0.6) is 0 Å². The van der Waals surface area contributed by atoms with E-state index in [0.29, 0.717) is 12.9 Å². The van der Waals surface area contributed by atoms with E-state index in [1.807, 2.05) is 27.7 Å². The molecule has 1 aliphatic rings. The van der Waals surface area contributed by atoms with Crippen molar-refractivity contribution >= 4 is 12.2 Å². The molecule has 0 aromatic carbocycles. The minimum Gasteiger partial charge on any atom is -0.385 e. The molecule has 2 N–H and O–H groups in total. The molecule has 5 heteroatoms. The van der Waals surface area contributed by atoms with Crippen molar-refractivity contribution in [3.63, 3.8) is 0 Å². The summed E-state index contributed by atoms with van der Waals surface area (Å²) in [4.78, 5) is 22.8. The number of amides is 1. The van der Waals surface area contributed by atoms with E-state index in [0.717, 1.165) is 11.3 Å². The third kappa shape index (κ3) is 3.32. The van der Waals surface area contributed by atoms with Crippen LogP contribution >= 0.6 is 0 Å². The Hall–Kier alpha value is -1.36. The highest BCUT2D eigenvalue weighted by molar-refractivity contribution is 5.95. The summed E-state index contributed by atoms with van der Waals surface area (Å²) in [6.45, 7) is 8.44. The van der Waals surface area contributed by atoms with Crippen molar-refractivity contribution in [1.82, 2.24) is 10.6 Å². The van der Waals surface area contributed by atoms with Gasteiger partial charge in [0.1, 0.15) is 6.10 Å². The van der Waals surface area contributed by atoms with Gasteiger partial charge in [0, 0.05) is 29.8 Å². The molecule has 1 heterocycles. The lowest BCUT2D eigenvalue weighted by atomic mass is 9.97. The van der Waals surface area contributed by atoms with Gasteiger partial charge in [0.2, 0.25) is 5.91 Å². The number of nitrogens with one attached hydrogen (secondary N) is 2. The van der Waals surface area contributed by atoms with Gasteiger partial charge >= 0.3 is 0 Å². The molecule has 0 bridgehead atoms. The van der Waals surface area contributed by atoms with Crippen LogP contribution in [0.4, 0.5) is 0 Å². The Bertz CT molecular complexity index is 352. The highest BCUT2D eigenvalue weighted by Crippen LogP contribution is 2.25. The molecule has 5 nitrogen and oxygen atoms in total. The molecule has 1 rings (SSSR count). The first kappa shape index (κ1) is 14.7. The molecule has 0 fully saturated rings. The number of allylic oxidation sites excluding steroid dienone is 1. The second-order valence-electron chi connectivity index (χ2n) is 4.60. The Labute approximate surface area is 108 Å². The maximum atomic E-state index is 12.1. The molecule has 0 aromatic rings. The Morgan fingerprint density at radius 1 is 1.56 bits per heavy atom. The van der Waals surface area contributed by atoms with Crippen molar-refractivity contribution in [2.45, 2.75) is 39.8 Å². The Kier molecular flexibility index (Phi) is 5.34. The molecule has 1 amide bonds. The SMILES string of the molecule is CCOC(C=O)CNC(=O)C1=C(C)NC(C)C1C. The van der Waals surface area contributed by atoms with Crippen LogP contribution in [0, 0.1) is 5.92 Å². The standard InChI is InChI=1S/C13H22N2O3/c1-5-18-11(7-16)6-14-13(17)12-8(2)9(3)15-10(12)4/h7-9,11,15H,5-6H2,1-4H3,(H,14,17). The zero-order valence-corrected chi connectivity index (χ0v) is 11.4. The maximum absolute atomic E-state index is 12.1. The molecule has 0 saturated carbocycles. The van der Waals surface area contributed by atoms with Crippen molar-refractivity contribution < 1.29 is 14.3 Å². The van der Waals surface area contributed by atoms with E-state index in [9.17, 15) is 9.59 Å². The summed E-state index contributed by atoms with van der Waals surface area (Å²) in [6.07, 6.45) is 0.145. The number of hydrogen-bond acceptors (Lipinski definition) is 4. The van der Waals surface area contributed by atoms with Gasteiger partial charge in [-0.05, 0) is 20.8 Å². The molecule has 3 atom stereocenters. The summed E-state index contributed by atoms with van der Waals surface area (Å²) >= 11 is 0. The second-order valence-corrected chi connectivity index (χ2v) is 4.60. The molecular formula is C13H22N2O3. The van der Waals surface area contributed by atoms with Crippen LogP contribution < -0.4 is 10.6 Å². The monoisotopic (exact) mass is 254 g/mol. The quantitative estimate of drug-likeness (QED) is 0.681. The summed E-state index contributed by atoms with van der Waals surface area (Å²) in [5.41, 5.74) is 1.68. The first-order chi connectivity index (χ1) is 8.51. The van der Waals surface area contributed by atoms with Crippen molar-refractivity contribution in [2.24, 2.45) is 5.92 Å². The molecular weight excluding hydrogens is 232 g/mol. The van der Waals surface area contributed by atoms with E-state index in [4.69, 9.17) is 4.74 Å². The zero-order valence-electron chi connectivity index (χ0n) is 11.4. The fraction of sp³-hybridized carbons (Fsp3) is 0.692. The first-order valence-electron chi connectivity index (χ1n) is 6.33. The van der Waals surface area contributed by atoms with E-state index in [1.54, 1.807) is 0 Å². The summed E-state index contributed by atoms with van der Waals surface area (Å²) in [6, 6.07) is 0.263. The van der Waals surface area contributed by atoms with Crippen LogP contribution in [0.3, 0.4) is 0 Å². The highest BCUT2D eigenvalue weighted by Gasteiger charge is 2.30. The number of rotatable bonds is 6. The van der Waals surface area contributed by atoms with Crippen LogP contribution in [0.25, 0.3) is 0 Å². The minimum absolute atomic E-state index is 0.122. The number of ether oxygens (including phenoxy) is 1. The topological polar surface area (TPSA) is 67.4 Å². The smallest absolute Gasteiger partial charge is 0.249 e. The van der Waals surface area contributed by atoms with Crippen LogP contribution in [-0.4, -0.2) is 37.5 Å². The van der Waals surface area contributed by atoms with Crippen LogP contribution in [0.15, 0.2) is 11.3 Å². The zero-order chi connectivity index (χ0) is 13.7. The van der Waals surface area contributed by atoms with Crippen molar-refractivity contribution in [3.05, 3.63) is 11.3 Å². The molecule has 0 radical (unpaired) electrons. The van der Waals surface area contributed by atoms with E-state index >= 15 is 0 Å².